The lowest BCUT2D eigenvalue weighted by atomic mass is 10.3. The number of nitrogens with one attached hydrogen (secondary N) is 1. The normalized spacial score (nSPS) is 10.8. The maximum atomic E-state index is 9.63. The van der Waals surface area contributed by atoms with Gasteiger partial charge in [-0.2, -0.15) is 0 Å². The number of nitrogens with zero attached hydrogens (tertiary/aromatic N) is 2. The zero-order chi connectivity index (χ0) is 13.0. The van der Waals surface area contributed by atoms with Crippen molar-refractivity contribution in [3.05, 3.63) is 41.4 Å². The summed E-state index contributed by atoms with van der Waals surface area (Å²) in [6.45, 7) is 4.92. The lowest BCUT2D eigenvalue weighted by molar-refractivity contribution is 0.430. The molecule has 0 unspecified atom stereocenters. The molecule has 0 aliphatic carbocycles. The van der Waals surface area contributed by atoms with Crippen molar-refractivity contribution in [2.45, 2.75) is 33.4 Å². The molecule has 96 valence electrons. The van der Waals surface area contributed by atoms with Gasteiger partial charge < -0.3 is 14.8 Å². The molecule has 0 atom stereocenters. The molecule has 0 saturated heterocycles. The van der Waals surface area contributed by atoms with Crippen LogP contribution in [0.15, 0.2) is 22.7 Å². The maximum Gasteiger partial charge on any atom is 0.208 e. The zero-order valence-corrected chi connectivity index (χ0v) is 10.6. The topological polar surface area (TPSA) is 71.2 Å². The minimum atomic E-state index is 0.203. The summed E-state index contributed by atoms with van der Waals surface area (Å²) in [5, 5.41) is 12.8. The molecule has 18 heavy (non-hydrogen) atoms. The Labute approximate surface area is 106 Å². The first-order valence-corrected chi connectivity index (χ1v) is 5.99. The summed E-state index contributed by atoms with van der Waals surface area (Å²) in [4.78, 5) is 8.41. The summed E-state index contributed by atoms with van der Waals surface area (Å²) in [5.41, 5.74) is 1.52. The predicted octanol–water partition coefficient (Wildman–Crippen LogP) is 1.94. The number of aromatic hydroxyl groups is 1. The summed E-state index contributed by atoms with van der Waals surface area (Å²) >= 11 is 0. The molecule has 0 aromatic carbocycles. The van der Waals surface area contributed by atoms with Gasteiger partial charge in [-0.05, 0) is 19.1 Å². The lowest BCUT2D eigenvalue weighted by Gasteiger charge is -2.05. The molecule has 2 heterocycles. The van der Waals surface area contributed by atoms with Gasteiger partial charge in [0.05, 0.1) is 18.4 Å². The predicted molar refractivity (Wildman–Crippen MR) is 67.1 cm³/mol. The number of aryl methyl sites for hydroxylation is 2. The van der Waals surface area contributed by atoms with E-state index in [0.717, 1.165) is 17.9 Å². The van der Waals surface area contributed by atoms with E-state index in [9.17, 15) is 5.11 Å². The van der Waals surface area contributed by atoms with Crippen LogP contribution in [0.5, 0.6) is 5.75 Å². The Kier molecular flexibility index (Phi) is 3.94. The first-order chi connectivity index (χ1) is 8.69. The van der Waals surface area contributed by atoms with Crippen LogP contribution in [0.1, 0.15) is 30.0 Å². The van der Waals surface area contributed by atoms with Crippen LogP contribution in [0.4, 0.5) is 0 Å². The third-order valence-corrected chi connectivity index (χ3v) is 2.61. The highest BCUT2D eigenvalue weighted by Crippen LogP contribution is 2.14. The fourth-order valence-corrected chi connectivity index (χ4v) is 1.61. The van der Waals surface area contributed by atoms with Crippen LogP contribution in [0.25, 0.3) is 0 Å². The molecule has 2 rings (SSSR count). The van der Waals surface area contributed by atoms with E-state index in [1.807, 2.05) is 13.8 Å². The zero-order valence-electron chi connectivity index (χ0n) is 10.6. The van der Waals surface area contributed by atoms with Gasteiger partial charge in [0.1, 0.15) is 11.5 Å². The summed E-state index contributed by atoms with van der Waals surface area (Å²) in [6, 6.07) is 3.43. The van der Waals surface area contributed by atoms with Crippen molar-refractivity contribution in [1.82, 2.24) is 15.3 Å². The van der Waals surface area contributed by atoms with E-state index in [0.29, 0.717) is 24.7 Å². The molecule has 5 heteroatoms. The SMILES string of the molecule is CCc1cnc(CNCc2nc(C)ccc2O)o1. The van der Waals surface area contributed by atoms with E-state index in [1.54, 1.807) is 18.3 Å². The van der Waals surface area contributed by atoms with Crippen LogP contribution in [0.3, 0.4) is 0 Å². The van der Waals surface area contributed by atoms with Crippen molar-refractivity contribution in [1.29, 1.82) is 0 Å². The van der Waals surface area contributed by atoms with Gasteiger partial charge in [0.2, 0.25) is 5.89 Å². The molecule has 0 aliphatic rings. The Bertz CT molecular complexity index is 523. The average molecular weight is 247 g/mol. The van der Waals surface area contributed by atoms with E-state index >= 15 is 0 Å². The van der Waals surface area contributed by atoms with Gasteiger partial charge in [-0.1, -0.05) is 6.92 Å². The highest BCUT2D eigenvalue weighted by Gasteiger charge is 2.05. The van der Waals surface area contributed by atoms with Crippen LogP contribution >= 0.6 is 0 Å². The highest BCUT2D eigenvalue weighted by molar-refractivity contribution is 5.27. The molecule has 0 saturated carbocycles. The van der Waals surface area contributed by atoms with Crippen molar-refractivity contribution >= 4 is 0 Å². The Morgan fingerprint density at radius 2 is 2.17 bits per heavy atom. The van der Waals surface area contributed by atoms with E-state index in [-0.39, 0.29) is 5.75 Å². The molecule has 2 aromatic heterocycles. The van der Waals surface area contributed by atoms with E-state index < -0.39 is 0 Å². The van der Waals surface area contributed by atoms with Crippen molar-refractivity contribution in [3.8, 4) is 5.75 Å². The number of hydrogen-bond donors (Lipinski definition) is 2. The Morgan fingerprint density at radius 3 is 2.89 bits per heavy atom. The third-order valence-electron chi connectivity index (χ3n) is 2.61. The second kappa shape index (κ2) is 5.64. The fourth-order valence-electron chi connectivity index (χ4n) is 1.61. The molecule has 0 radical (unpaired) electrons. The fraction of sp³-hybridized carbons (Fsp3) is 0.385. The Balaban J connectivity index is 1.90. The van der Waals surface area contributed by atoms with Crippen molar-refractivity contribution in [3.63, 3.8) is 0 Å². The van der Waals surface area contributed by atoms with Gasteiger partial charge in [-0.15, -0.1) is 0 Å². The monoisotopic (exact) mass is 247 g/mol. The van der Waals surface area contributed by atoms with Gasteiger partial charge in [0.25, 0.3) is 0 Å². The smallest absolute Gasteiger partial charge is 0.208 e. The number of aromatic nitrogens is 2. The standard InChI is InChI=1S/C13H17N3O2/c1-3-10-6-15-13(18-10)8-14-7-11-12(17)5-4-9(2)16-11/h4-6,14,17H,3,7-8H2,1-2H3. The van der Waals surface area contributed by atoms with Crippen LogP contribution in [-0.4, -0.2) is 15.1 Å². The molecule has 5 nitrogen and oxygen atoms in total. The molecule has 2 aromatic rings. The van der Waals surface area contributed by atoms with Crippen LogP contribution in [-0.2, 0) is 19.5 Å². The van der Waals surface area contributed by atoms with Crippen LogP contribution in [0.2, 0.25) is 0 Å². The number of oxazole rings is 1. The van der Waals surface area contributed by atoms with Gasteiger partial charge in [0.15, 0.2) is 0 Å². The molecule has 0 amide bonds. The average Bonchev–Trinajstić information content (AvgIpc) is 2.81. The van der Waals surface area contributed by atoms with Crippen molar-refractivity contribution in [2.24, 2.45) is 0 Å². The summed E-state index contributed by atoms with van der Waals surface area (Å²) in [6.07, 6.45) is 2.58. The molecular formula is C13H17N3O2. The number of rotatable bonds is 5. The van der Waals surface area contributed by atoms with E-state index in [4.69, 9.17) is 4.42 Å². The number of hydrogen-bond acceptors (Lipinski definition) is 5. The minimum Gasteiger partial charge on any atom is -0.506 e. The highest BCUT2D eigenvalue weighted by atomic mass is 16.4. The quantitative estimate of drug-likeness (QED) is 0.844. The first-order valence-electron chi connectivity index (χ1n) is 5.99. The van der Waals surface area contributed by atoms with Crippen LogP contribution < -0.4 is 5.32 Å². The van der Waals surface area contributed by atoms with Gasteiger partial charge in [-0.3, -0.25) is 4.98 Å². The Morgan fingerprint density at radius 1 is 1.33 bits per heavy atom. The van der Waals surface area contributed by atoms with E-state index in [2.05, 4.69) is 15.3 Å². The first kappa shape index (κ1) is 12.6. The van der Waals surface area contributed by atoms with Crippen molar-refractivity contribution < 1.29 is 9.52 Å². The minimum absolute atomic E-state index is 0.203. The molecule has 0 aliphatic heterocycles. The molecule has 0 spiro atoms. The second-order valence-electron chi connectivity index (χ2n) is 4.10. The van der Waals surface area contributed by atoms with Crippen molar-refractivity contribution in [2.75, 3.05) is 0 Å². The van der Waals surface area contributed by atoms with Gasteiger partial charge in [0, 0.05) is 18.7 Å². The Hall–Kier alpha value is -1.88. The molecule has 0 bridgehead atoms. The second-order valence-corrected chi connectivity index (χ2v) is 4.10. The molecular weight excluding hydrogens is 230 g/mol. The third kappa shape index (κ3) is 3.07. The largest absolute Gasteiger partial charge is 0.506 e. The summed E-state index contributed by atoms with van der Waals surface area (Å²) in [7, 11) is 0. The van der Waals surface area contributed by atoms with Gasteiger partial charge in [-0.25, -0.2) is 4.98 Å². The number of pyridine rings is 1. The van der Waals surface area contributed by atoms with Gasteiger partial charge >= 0.3 is 0 Å². The summed E-state index contributed by atoms with van der Waals surface area (Å²) < 4.78 is 5.47. The summed E-state index contributed by atoms with van der Waals surface area (Å²) in [5.74, 6) is 1.73. The van der Waals surface area contributed by atoms with Crippen LogP contribution in [0, 0.1) is 6.92 Å². The maximum absolute atomic E-state index is 9.63. The lowest BCUT2D eigenvalue weighted by Crippen LogP contribution is -2.14. The molecule has 2 N–H and O–H groups in total. The molecule has 0 fully saturated rings. The van der Waals surface area contributed by atoms with E-state index in [1.165, 1.54) is 0 Å².